The van der Waals surface area contributed by atoms with E-state index in [1.54, 1.807) is 0 Å². The van der Waals surface area contributed by atoms with Gasteiger partial charge in [-0.3, -0.25) is 4.57 Å². The largest absolute Gasteiger partial charge is 0.339 e. The summed E-state index contributed by atoms with van der Waals surface area (Å²) in [5, 5.41) is 11.3. The normalized spacial score (nSPS) is 15.4. The second-order valence-electron chi connectivity index (χ2n) is 14.8. The number of nitrogens with one attached hydrogen (secondary N) is 1. The van der Waals surface area contributed by atoms with Gasteiger partial charge in [-0.2, -0.15) is 0 Å². The summed E-state index contributed by atoms with van der Waals surface area (Å²) in [5.41, 5.74) is 12.7. The molecule has 0 bridgehead atoms. The van der Waals surface area contributed by atoms with Crippen LogP contribution in [-0.4, -0.2) is 20.5 Å². The number of hydrogen-bond donors (Lipinski definition) is 1. The Morgan fingerprint density at radius 2 is 1.05 bits per heavy atom. The summed E-state index contributed by atoms with van der Waals surface area (Å²) >= 11 is 1.86. The van der Waals surface area contributed by atoms with E-state index in [-0.39, 0.29) is 5.37 Å². The van der Waals surface area contributed by atoms with Crippen molar-refractivity contribution in [2.24, 2.45) is 4.99 Å². The van der Waals surface area contributed by atoms with Gasteiger partial charge in [0.25, 0.3) is 0 Å². The molecule has 2 aliphatic rings. The molecule has 0 radical (unpaired) electrons. The van der Waals surface area contributed by atoms with Crippen LogP contribution in [0.4, 0.5) is 0 Å². The van der Waals surface area contributed by atoms with Crippen molar-refractivity contribution in [2.45, 2.75) is 5.37 Å². The van der Waals surface area contributed by atoms with Crippen LogP contribution in [0.5, 0.6) is 0 Å². The quantitative estimate of drug-likeness (QED) is 0.195. The SMILES string of the molecule is C1=C(c2ccccc2)SC2NC(n3c4ccc(-c5ccc6c(c5)c5ccccc5n6-c5ccccc5)cc4c4c5ccccc5ccc43)=NC(c3ccccc3)=C12. The van der Waals surface area contributed by atoms with E-state index in [2.05, 4.69) is 209 Å². The maximum atomic E-state index is 5.50. The van der Waals surface area contributed by atoms with Crippen LogP contribution in [0.1, 0.15) is 11.1 Å². The highest BCUT2D eigenvalue weighted by atomic mass is 32.2. The minimum Gasteiger partial charge on any atom is -0.339 e. The predicted octanol–water partition coefficient (Wildman–Crippen LogP) is 13.0. The first-order valence-electron chi connectivity index (χ1n) is 19.4. The zero-order valence-corrected chi connectivity index (χ0v) is 31.6. The van der Waals surface area contributed by atoms with Crippen molar-refractivity contribution >= 4 is 82.7 Å². The van der Waals surface area contributed by atoms with Gasteiger partial charge in [0, 0.05) is 43.3 Å². The molecule has 0 amide bonds. The van der Waals surface area contributed by atoms with E-state index in [1.807, 2.05) is 11.8 Å². The van der Waals surface area contributed by atoms with Crippen LogP contribution in [0, 0.1) is 0 Å². The molecule has 0 saturated heterocycles. The van der Waals surface area contributed by atoms with Gasteiger partial charge in [0.2, 0.25) is 5.96 Å². The lowest BCUT2D eigenvalue weighted by atomic mass is 9.99. The summed E-state index contributed by atoms with van der Waals surface area (Å²) in [5.74, 6) is 0.830. The van der Waals surface area contributed by atoms with Gasteiger partial charge in [-0.05, 0) is 82.1 Å². The third kappa shape index (κ3) is 5.06. The molecule has 4 nitrogen and oxygen atoms in total. The first kappa shape index (κ1) is 32.2. The molecule has 1 atom stereocenters. The predicted molar refractivity (Wildman–Crippen MR) is 242 cm³/mol. The van der Waals surface area contributed by atoms with Crippen LogP contribution in [0.2, 0.25) is 0 Å². The molecule has 0 saturated carbocycles. The lowest BCUT2D eigenvalue weighted by Gasteiger charge is -2.26. The molecular formula is C52H34N4S. The number of hydrogen-bond acceptors (Lipinski definition) is 3. The molecule has 268 valence electrons. The average Bonchev–Trinajstić information content (AvgIpc) is 3.97. The molecule has 8 aromatic carbocycles. The Morgan fingerprint density at radius 1 is 0.456 bits per heavy atom. The Hall–Kier alpha value is -7.08. The summed E-state index contributed by atoms with van der Waals surface area (Å²) in [7, 11) is 0. The zero-order chi connectivity index (χ0) is 37.5. The van der Waals surface area contributed by atoms with Gasteiger partial charge < -0.3 is 9.88 Å². The first-order valence-corrected chi connectivity index (χ1v) is 20.3. The van der Waals surface area contributed by atoms with Gasteiger partial charge >= 0.3 is 0 Å². The highest BCUT2D eigenvalue weighted by Gasteiger charge is 2.33. The van der Waals surface area contributed by atoms with Crippen LogP contribution in [0.15, 0.2) is 205 Å². The van der Waals surface area contributed by atoms with E-state index >= 15 is 0 Å². The fourth-order valence-electron chi connectivity index (χ4n) is 8.96. The van der Waals surface area contributed by atoms with Gasteiger partial charge in [-0.15, -0.1) is 0 Å². The smallest absolute Gasteiger partial charge is 0.209 e. The monoisotopic (exact) mass is 746 g/mol. The Kier molecular flexibility index (Phi) is 7.19. The summed E-state index contributed by atoms with van der Waals surface area (Å²) in [4.78, 5) is 6.75. The highest BCUT2D eigenvalue weighted by Crippen LogP contribution is 2.46. The number of benzene rings is 8. The van der Waals surface area contributed by atoms with Crippen LogP contribution < -0.4 is 5.32 Å². The molecular weight excluding hydrogens is 713 g/mol. The lowest BCUT2D eigenvalue weighted by molar-refractivity contribution is 0.892. The van der Waals surface area contributed by atoms with E-state index < -0.39 is 0 Å². The van der Waals surface area contributed by atoms with Crippen molar-refractivity contribution in [1.29, 1.82) is 0 Å². The third-order valence-corrected chi connectivity index (χ3v) is 12.8. The van der Waals surface area contributed by atoms with E-state index in [1.165, 1.54) is 70.5 Å². The number of nitrogens with zero attached hydrogens (tertiary/aromatic N) is 3. The molecule has 4 heterocycles. The highest BCUT2D eigenvalue weighted by molar-refractivity contribution is 8.09. The number of fused-ring (bicyclic) bond motifs is 9. The van der Waals surface area contributed by atoms with E-state index in [9.17, 15) is 0 Å². The van der Waals surface area contributed by atoms with Gasteiger partial charge in [-0.25, -0.2) is 4.99 Å². The lowest BCUT2D eigenvalue weighted by Crippen LogP contribution is -2.39. The second kappa shape index (κ2) is 12.7. The minimum atomic E-state index is 0.0138. The number of rotatable bonds is 4. The molecule has 1 unspecified atom stereocenters. The van der Waals surface area contributed by atoms with E-state index in [4.69, 9.17) is 4.99 Å². The average molecular weight is 747 g/mol. The Balaban J connectivity index is 1.07. The maximum Gasteiger partial charge on any atom is 0.209 e. The molecule has 10 aromatic rings. The van der Waals surface area contributed by atoms with Crippen molar-refractivity contribution < 1.29 is 0 Å². The molecule has 57 heavy (non-hydrogen) atoms. The summed E-state index contributed by atoms with van der Waals surface area (Å²) in [6, 6.07) is 67.8. The van der Waals surface area contributed by atoms with E-state index in [0.717, 1.165) is 33.9 Å². The summed E-state index contributed by atoms with van der Waals surface area (Å²) in [6.45, 7) is 0. The van der Waals surface area contributed by atoms with Crippen molar-refractivity contribution in [3.8, 4) is 16.8 Å². The molecule has 5 heteroatoms. The van der Waals surface area contributed by atoms with Gasteiger partial charge in [0.05, 0.1) is 27.8 Å². The Bertz CT molecular complexity index is 3330. The molecule has 2 aromatic heterocycles. The van der Waals surface area contributed by atoms with Crippen molar-refractivity contribution in [1.82, 2.24) is 14.5 Å². The topological polar surface area (TPSA) is 34.2 Å². The number of aliphatic imine (C=N–C) groups is 1. The standard InChI is InChI=1S/C52H34N4S/c1-4-15-34(16-5-1)48-32-43-50(35-17-6-2-7-18-35)53-52(54-51(43)57-48)56-46-28-26-37(31-42(46)49-39-21-11-10-14-33(39)24-29-47(49)56)36-25-27-45-41(30-36)40-22-12-13-23-44(40)55(45)38-19-8-3-9-20-38/h1-32,51H,(H,53,54). The molecule has 0 fully saturated rings. The van der Waals surface area contributed by atoms with Gasteiger partial charge in [0.1, 0.15) is 5.37 Å². The fraction of sp³-hybridized carbons (Fsp3) is 0.0192. The second-order valence-corrected chi connectivity index (χ2v) is 15.9. The molecule has 1 N–H and O–H groups in total. The fourth-order valence-corrected chi connectivity index (χ4v) is 10.2. The summed E-state index contributed by atoms with van der Waals surface area (Å²) < 4.78 is 4.72. The van der Waals surface area contributed by atoms with Crippen LogP contribution in [0.25, 0.3) is 81.8 Å². The number of aromatic nitrogens is 2. The van der Waals surface area contributed by atoms with Gasteiger partial charge in [0.15, 0.2) is 0 Å². The molecule has 0 spiro atoms. The van der Waals surface area contributed by atoms with Crippen molar-refractivity contribution in [3.63, 3.8) is 0 Å². The summed E-state index contributed by atoms with van der Waals surface area (Å²) in [6.07, 6.45) is 2.32. The van der Waals surface area contributed by atoms with Crippen molar-refractivity contribution in [3.05, 3.63) is 211 Å². The Labute approximate surface area is 333 Å². The molecule has 2 aliphatic heterocycles. The van der Waals surface area contributed by atoms with Gasteiger partial charge in [-0.1, -0.05) is 151 Å². The molecule has 0 aliphatic carbocycles. The maximum absolute atomic E-state index is 5.50. The third-order valence-electron chi connectivity index (χ3n) is 11.6. The minimum absolute atomic E-state index is 0.0138. The van der Waals surface area contributed by atoms with Crippen molar-refractivity contribution in [2.75, 3.05) is 0 Å². The number of thioether (sulfide) groups is 1. The van der Waals surface area contributed by atoms with E-state index in [0.29, 0.717) is 0 Å². The zero-order valence-electron chi connectivity index (χ0n) is 30.8. The Morgan fingerprint density at radius 3 is 1.82 bits per heavy atom. The number of para-hydroxylation sites is 2. The van der Waals surface area contributed by atoms with Crippen LogP contribution in [0.3, 0.4) is 0 Å². The first-order chi connectivity index (χ1) is 28.3. The molecule has 12 rings (SSSR count). The van der Waals surface area contributed by atoms with Crippen LogP contribution in [-0.2, 0) is 0 Å². The van der Waals surface area contributed by atoms with Crippen LogP contribution >= 0.6 is 11.8 Å².